The number of furan rings is 1. The van der Waals surface area contributed by atoms with Gasteiger partial charge in [-0.3, -0.25) is 0 Å². The number of rotatable bonds is 4. The van der Waals surface area contributed by atoms with Gasteiger partial charge in [-0.15, -0.1) is 10.2 Å². The maximum atomic E-state index is 6.22. The van der Waals surface area contributed by atoms with E-state index >= 15 is 0 Å². The summed E-state index contributed by atoms with van der Waals surface area (Å²) in [7, 11) is 0. The molecule has 178 valence electrons. The molecule has 0 radical (unpaired) electrons. The van der Waals surface area contributed by atoms with Gasteiger partial charge in [0, 0.05) is 27.1 Å². The molecule has 0 unspecified atom stereocenters. The number of aryl methyl sites for hydroxylation is 1. The summed E-state index contributed by atoms with van der Waals surface area (Å²) in [4.78, 5) is 5.63. The van der Waals surface area contributed by atoms with Crippen LogP contribution >= 0.6 is 22.9 Å². The highest BCUT2D eigenvalue weighted by molar-refractivity contribution is 7.20. The molecule has 7 aromatic rings. The zero-order valence-corrected chi connectivity index (χ0v) is 21.2. The Hall–Kier alpha value is -4.33. The van der Waals surface area contributed by atoms with E-state index < -0.39 is 0 Å². The number of nitrogens with zero attached hydrogens (tertiary/aromatic N) is 5. The number of aromatic nitrogens is 5. The maximum absolute atomic E-state index is 6.22. The number of para-hydroxylation sites is 1. The van der Waals surface area contributed by atoms with Gasteiger partial charge in [-0.25, -0.2) is 4.98 Å². The zero-order chi connectivity index (χ0) is 24.9. The van der Waals surface area contributed by atoms with Crippen LogP contribution in [0.5, 0.6) is 0 Å². The standard InChI is InChI=1S/C29H18ClN5OS/c1-17-6-8-19(9-7-17)27-32-33-29-35(27)34-28(37-29)22-16-24(31-23-5-3-2-4-21(22)23)26-15-14-25(36-26)18-10-12-20(30)13-11-18/h2-16H,1H3. The van der Waals surface area contributed by atoms with Crippen molar-refractivity contribution < 1.29 is 4.42 Å². The number of benzene rings is 3. The summed E-state index contributed by atoms with van der Waals surface area (Å²) in [6.45, 7) is 2.06. The van der Waals surface area contributed by atoms with Crippen molar-refractivity contribution in [2.45, 2.75) is 6.92 Å². The van der Waals surface area contributed by atoms with E-state index in [9.17, 15) is 0 Å². The van der Waals surface area contributed by atoms with Gasteiger partial charge in [0.1, 0.15) is 16.5 Å². The molecule has 0 atom stereocenters. The quantitative estimate of drug-likeness (QED) is 0.236. The Morgan fingerprint density at radius 2 is 1.57 bits per heavy atom. The Bertz CT molecular complexity index is 1900. The highest BCUT2D eigenvalue weighted by atomic mass is 35.5. The van der Waals surface area contributed by atoms with E-state index in [0.29, 0.717) is 10.8 Å². The van der Waals surface area contributed by atoms with Gasteiger partial charge in [0.2, 0.25) is 4.96 Å². The van der Waals surface area contributed by atoms with Gasteiger partial charge in [0.05, 0.1) is 5.52 Å². The topological polar surface area (TPSA) is 69.1 Å². The van der Waals surface area contributed by atoms with Crippen LogP contribution in [-0.4, -0.2) is 24.8 Å². The molecule has 37 heavy (non-hydrogen) atoms. The van der Waals surface area contributed by atoms with Crippen LogP contribution in [0.25, 0.3) is 60.6 Å². The Kier molecular flexibility index (Phi) is 5.13. The molecule has 0 bridgehead atoms. The van der Waals surface area contributed by atoms with Crippen LogP contribution in [0.15, 0.2) is 95.4 Å². The second kappa shape index (κ2) is 8.65. The van der Waals surface area contributed by atoms with E-state index in [1.54, 1.807) is 0 Å². The van der Waals surface area contributed by atoms with E-state index in [4.69, 9.17) is 26.1 Å². The first-order chi connectivity index (χ1) is 18.1. The van der Waals surface area contributed by atoms with E-state index in [2.05, 4.69) is 35.3 Å². The summed E-state index contributed by atoms with van der Waals surface area (Å²) in [5.74, 6) is 2.15. The third-order valence-corrected chi connectivity index (χ3v) is 7.42. The SMILES string of the molecule is Cc1ccc(-c2nnc3sc(-c4cc(-c5ccc(-c6ccc(Cl)cc6)o5)nc5ccccc45)nn23)cc1. The minimum absolute atomic E-state index is 0.681. The Balaban J connectivity index is 1.35. The molecule has 0 spiro atoms. The van der Waals surface area contributed by atoms with Crippen LogP contribution in [0.4, 0.5) is 0 Å². The van der Waals surface area contributed by atoms with Crippen LogP contribution in [0, 0.1) is 6.92 Å². The molecule has 0 N–H and O–H groups in total. The van der Waals surface area contributed by atoms with Crippen LogP contribution in [-0.2, 0) is 0 Å². The minimum Gasteiger partial charge on any atom is -0.454 e. The lowest BCUT2D eigenvalue weighted by Gasteiger charge is -2.06. The molecular weight excluding hydrogens is 502 g/mol. The highest BCUT2D eigenvalue weighted by Crippen LogP contribution is 2.36. The van der Waals surface area contributed by atoms with Crippen molar-refractivity contribution in [3.8, 4) is 44.7 Å². The summed E-state index contributed by atoms with van der Waals surface area (Å²) in [5, 5.41) is 16.2. The van der Waals surface area contributed by atoms with Gasteiger partial charge in [0.25, 0.3) is 0 Å². The Morgan fingerprint density at radius 3 is 2.41 bits per heavy atom. The monoisotopic (exact) mass is 519 g/mol. The molecule has 0 aliphatic carbocycles. The van der Waals surface area contributed by atoms with Gasteiger partial charge >= 0.3 is 0 Å². The molecule has 0 fully saturated rings. The van der Waals surface area contributed by atoms with Gasteiger partial charge < -0.3 is 4.42 Å². The van der Waals surface area contributed by atoms with Crippen molar-refractivity contribution >= 4 is 38.8 Å². The molecule has 0 aliphatic rings. The average Bonchev–Trinajstić information content (AvgIpc) is 3.66. The molecule has 7 rings (SSSR count). The van der Waals surface area contributed by atoms with Crippen molar-refractivity contribution in [1.29, 1.82) is 0 Å². The van der Waals surface area contributed by atoms with Gasteiger partial charge in [-0.2, -0.15) is 9.61 Å². The molecule has 0 aliphatic heterocycles. The average molecular weight is 520 g/mol. The molecule has 4 aromatic heterocycles. The Labute approximate surface area is 220 Å². The normalized spacial score (nSPS) is 11.5. The van der Waals surface area contributed by atoms with E-state index in [1.165, 1.54) is 16.9 Å². The first-order valence-electron chi connectivity index (χ1n) is 11.7. The van der Waals surface area contributed by atoms with E-state index in [0.717, 1.165) is 54.8 Å². The summed E-state index contributed by atoms with van der Waals surface area (Å²) in [5.41, 5.74) is 5.68. The molecule has 8 heteroatoms. The van der Waals surface area contributed by atoms with Crippen molar-refractivity contribution in [3.63, 3.8) is 0 Å². The van der Waals surface area contributed by atoms with Crippen molar-refractivity contribution in [2.75, 3.05) is 0 Å². The van der Waals surface area contributed by atoms with Crippen molar-refractivity contribution in [1.82, 2.24) is 24.8 Å². The summed E-state index contributed by atoms with van der Waals surface area (Å²) < 4.78 is 8.03. The highest BCUT2D eigenvalue weighted by Gasteiger charge is 2.18. The summed E-state index contributed by atoms with van der Waals surface area (Å²) >= 11 is 7.55. The number of fused-ring (bicyclic) bond motifs is 2. The van der Waals surface area contributed by atoms with Crippen LogP contribution in [0.2, 0.25) is 5.02 Å². The van der Waals surface area contributed by atoms with E-state index in [-0.39, 0.29) is 0 Å². The third kappa shape index (κ3) is 3.89. The fourth-order valence-electron chi connectivity index (χ4n) is 4.33. The first kappa shape index (κ1) is 21.9. The maximum Gasteiger partial charge on any atom is 0.235 e. The second-order valence-corrected chi connectivity index (χ2v) is 10.1. The molecule has 3 aromatic carbocycles. The first-order valence-corrected chi connectivity index (χ1v) is 12.9. The molecule has 0 saturated carbocycles. The number of pyridine rings is 1. The summed E-state index contributed by atoms with van der Waals surface area (Å²) in [6, 6.07) is 29.8. The fraction of sp³-hybridized carbons (Fsp3) is 0.0345. The minimum atomic E-state index is 0.681. The van der Waals surface area contributed by atoms with Crippen LogP contribution in [0.3, 0.4) is 0 Å². The predicted molar refractivity (Wildman–Crippen MR) is 148 cm³/mol. The summed E-state index contributed by atoms with van der Waals surface area (Å²) in [6.07, 6.45) is 0. The van der Waals surface area contributed by atoms with Crippen LogP contribution < -0.4 is 0 Å². The van der Waals surface area contributed by atoms with Gasteiger partial charge in [-0.1, -0.05) is 71.0 Å². The smallest absolute Gasteiger partial charge is 0.235 e. The molecule has 6 nitrogen and oxygen atoms in total. The largest absolute Gasteiger partial charge is 0.454 e. The number of hydrogen-bond donors (Lipinski definition) is 0. The molecule has 4 heterocycles. The molecular formula is C29H18ClN5OS. The Morgan fingerprint density at radius 1 is 0.811 bits per heavy atom. The fourth-order valence-corrected chi connectivity index (χ4v) is 5.33. The molecule has 0 amide bonds. The number of hydrogen-bond acceptors (Lipinski definition) is 6. The molecule has 0 saturated heterocycles. The van der Waals surface area contributed by atoms with Crippen LogP contribution in [0.1, 0.15) is 5.56 Å². The third-order valence-electron chi connectivity index (χ3n) is 6.23. The van der Waals surface area contributed by atoms with Gasteiger partial charge in [-0.05, 0) is 55.5 Å². The second-order valence-electron chi connectivity index (χ2n) is 8.73. The lowest BCUT2D eigenvalue weighted by Crippen LogP contribution is -1.92. The predicted octanol–water partition coefficient (Wildman–Crippen LogP) is 7.96. The number of halogens is 1. The lowest BCUT2D eigenvalue weighted by molar-refractivity contribution is 0.595. The van der Waals surface area contributed by atoms with Crippen molar-refractivity contribution in [3.05, 3.63) is 102 Å². The van der Waals surface area contributed by atoms with E-state index in [1.807, 2.05) is 77.3 Å². The lowest BCUT2D eigenvalue weighted by atomic mass is 10.1. The zero-order valence-electron chi connectivity index (χ0n) is 19.6. The van der Waals surface area contributed by atoms with Crippen molar-refractivity contribution in [2.24, 2.45) is 0 Å². The van der Waals surface area contributed by atoms with Gasteiger partial charge in [0.15, 0.2) is 11.6 Å².